The monoisotopic (exact) mass is 299 g/mol. The summed E-state index contributed by atoms with van der Waals surface area (Å²) in [5.41, 5.74) is 7.37. The van der Waals surface area contributed by atoms with Gasteiger partial charge in [0, 0.05) is 18.8 Å². The van der Waals surface area contributed by atoms with E-state index in [1.807, 2.05) is 33.8 Å². The lowest BCUT2D eigenvalue weighted by Gasteiger charge is -2.20. The fraction of sp³-hybridized carbons (Fsp3) is 0.571. The Morgan fingerprint density at radius 3 is 2.75 bits per heavy atom. The molecule has 3 N–H and O–H groups in total. The molecule has 112 valence electrons. The molecule has 0 saturated heterocycles. The van der Waals surface area contributed by atoms with Crippen molar-refractivity contribution in [3.8, 4) is 0 Å². The lowest BCUT2D eigenvalue weighted by atomic mass is 10.1. The van der Waals surface area contributed by atoms with Gasteiger partial charge in [0.25, 0.3) is 0 Å². The SMILES string of the molecule is Cc1cc(CC(N)CNC(=O)OC(C)(C)C)cnc1Cl. The molecule has 0 aromatic carbocycles. The predicted molar refractivity (Wildman–Crippen MR) is 79.9 cm³/mol. The normalized spacial score (nSPS) is 12.9. The van der Waals surface area contributed by atoms with Crippen molar-refractivity contribution < 1.29 is 9.53 Å². The number of nitrogens with one attached hydrogen (secondary N) is 1. The Morgan fingerprint density at radius 1 is 1.55 bits per heavy atom. The van der Waals surface area contributed by atoms with Crippen molar-refractivity contribution in [1.29, 1.82) is 0 Å². The van der Waals surface area contributed by atoms with E-state index in [4.69, 9.17) is 22.1 Å². The van der Waals surface area contributed by atoms with Crippen molar-refractivity contribution in [2.24, 2.45) is 5.73 Å². The number of pyridine rings is 1. The van der Waals surface area contributed by atoms with E-state index in [2.05, 4.69) is 10.3 Å². The number of aryl methyl sites for hydroxylation is 1. The van der Waals surface area contributed by atoms with E-state index in [-0.39, 0.29) is 6.04 Å². The minimum absolute atomic E-state index is 0.204. The fourth-order valence-electron chi connectivity index (χ4n) is 1.63. The third-order valence-corrected chi connectivity index (χ3v) is 2.87. The molecule has 0 saturated carbocycles. The van der Waals surface area contributed by atoms with Crippen LogP contribution < -0.4 is 11.1 Å². The standard InChI is InChI=1S/C14H22ClN3O2/c1-9-5-10(7-17-12(9)15)6-11(16)8-18-13(19)20-14(2,3)4/h5,7,11H,6,8,16H2,1-4H3,(H,18,19). The summed E-state index contributed by atoms with van der Waals surface area (Å²) in [6.45, 7) is 7.68. The second-order valence-electron chi connectivity index (χ2n) is 5.80. The molecule has 0 radical (unpaired) electrons. The van der Waals surface area contributed by atoms with Gasteiger partial charge in [0.05, 0.1) is 0 Å². The zero-order valence-corrected chi connectivity index (χ0v) is 13.1. The second-order valence-corrected chi connectivity index (χ2v) is 6.16. The van der Waals surface area contributed by atoms with Crippen LogP contribution in [0.3, 0.4) is 0 Å². The summed E-state index contributed by atoms with van der Waals surface area (Å²) in [6, 6.07) is 1.74. The lowest BCUT2D eigenvalue weighted by Crippen LogP contribution is -2.41. The molecule has 20 heavy (non-hydrogen) atoms. The summed E-state index contributed by atoms with van der Waals surface area (Å²) >= 11 is 5.87. The largest absolute Gasteiger partial charge is 0.444 e. The molecule has 1 rings (SSSR count). The maximum Gasteiger partial charge on any atom is 0.407 e. The summed E-state index contributed by atoms with van der Waals surface area (Å²) in [5, 5.41) is 3.15. The molecule has 0 spiro atoms. The van der Waals surface area contributed by atoms with Crippen LogP contribution in [-0.2, 0) is 11.2 Å². The van der Waals surface area contributed by atoms with Crippen LogP contribution in [0, 0.1) is 6.92 Å². The Morgan fingerprint density at radius 2 is 2.20 bits per heavy atom. The molecule has 1 unspecified atom stereocenters. The molecule has 0 aliphatic rings. The zero-order valence-electron chi connectivity index (χ0n) is 12.4. The predicted octanol–water partition coefficient (Wildman–Crippen LogP) is 2.44. The molecule has 0 aliphatic heterocycles. The highest BCUT2D eigenvalue weighted by Crippen LogP contribution is 2.13. The Hall–Kier alpha value is -1.33. The highest BCUT2D eigenvalue weighted by molar-refractivity contribution is 6.30. The second kappa shape index (κ2) is 6.90. The van der Waals surface area contributed by atoms with Gasteiger partial charge in [0.15, 0.2) is 0 Å². The van der Waals surface area contributed by atoms with E-state index in [1.165, 1.54) is 0 Å². The molecule has 1 atom stereocenters. The van der Waals surface area contributed by atoms with E-state index < -0.39 is 11.7 Å². The van der Waals surface area contributed by atoms with Crippen molar-refractivity contribution in [3.63, 3.8) is 0 Å². The molecule has 1 amide bonds. The van der Waals surface area contributed by atoms with E-state index in [9.17, 15) is 4.79 Å². The summed E-state index contributed by atoms with van der Waals surface area (Å²) in [6.07, 6.45) is 1.85. The smallest absolute Gasteiger partial charge is 0.407 e. The fourth-order valence-corrected chi connectivity index (χ4v) is 1.73. The summed E-state index contributed by atoms with van der Waals surface area (Å²) in [4.78, 5) is 15.6. The van der Waals surface area contributed by atoms with Gasteiger partial charge in [0.1, 0.15) is 10.8 Å². The van der Waals surface area contributed by atoms with Crippen LogP contribution >= 0.6 is 11.6 Å². The molecule has 0 bridgehead atoms. The molecule has 0 fully saturated rings. The van der Waals surface area contributed by atoms with Crippen molar-refractivity contribution in [2.45, 2.75) is 45.8 Å². The number of ether oxygens (including phenoxy) is 1. The van der Waals surface area contributed by atoms with Gasteiger partial charge in [-0.05, 0) is 45.2 Å². The van der Waals surface area contributed by atoms with Gasteiger partial charge in [-0.1, -0.05) is 17.7 Å². The minimum Gasteiger partial charge on any atom is -0.444 e. The van der Waals surface area contributed by atoms with Gasteiger partial charge in [-0.25, -0.2) is 9.78 Å². The maximum atomic E-state index is 11.5. The molecule has 1 heterocycles. The van der Waals surface area contributed by atoms with Crippen LogP contribution in [0.1, 0.15) is 31.9 Å². The highest BCUT2D eigenvalue weighted by atomic mass is 35.5. The average Bonchev–Trinajstić information content (AvgIpc) is 2.29. The molecular formula is C14H22ClN3O2. The zero-order chi connectivity index (χ0) is 15.3. The van der Waals surface area contributed by atoms with Crippen LogP contribution in [0.15, 0.2) is 12.3 Å². The highest BCUT2D eigenvalue weighted by Gasteiger charge is 2.16. The molecule has 0 aliphatic carbocycles. The van der Waals surface area contributed by atoms with Crippen LogP contribution in [0.2, 0.25) is 5.15 Å². The number of hydrogen-bond donors (Lipinski definition) is 2. The molecule has 5 nitrogen and oxygen atoms in total. The van der Waals surface area contributed by atoms with E-state index in [0.29, 0.717) is 18.1 Å². The summed E-state index contributed by atoms with van der Waals surface area (Å²) < 4.78 is 5.14. The first kappa shape index (κ1) is 16.7. The molecule has 1 aromatic heterocycles. The van der Waals surface area contributed by atoms with Gasteiger partial charge < -0.3 is 15.8 Å². The van der Waals surface area contributed by atoms with E-state index in [1.54, 1.807) is 6.20 Å². The number of aromatic nitrogens is 1. The van der Waals surface area contributed by atoms with Crippen LogP contribution in [0.4, 0.5) is 4.79 Å². The van der Waals surface area contributed by atoms with Gasteiger partial charge in [-0.15, -0.1) is 0 Å². The Labute approximate surface area is 124 Å². The Bertz CT molecular complexity index is 472. The van der Waals surface area contributed by atoms with Gasteiger partial charge >= 0.3 is 6.09 Å². The van der Waals surface area contributed by atoms with Crippen molar-refractivity contribution in [3.05, 3.63) is 28.5 Å². The van der Waals surface area contributed by atoms with Gasteiger partial charge in [-0.2, -0.15) is 0 Å². The Balaban J connectivity index is 2.42. The number of alkyl carbamates (subject to hydrolysis) is 1. The Kier molecular flexibility index (Phi) is 5.77. The number of nitrogens with two attached hydrogens (primary N) is 1. The number of rotatable bonds is 4. The topological polar surface area (TPSA) is 77.2 Å². The van der Waals surface area contributed by atoms with Crippen LogP contribution in [0.25, 0.3) is 0 Å². The van der Waals surface area contributed by atoms with E-state index >= 15 is 0 Å². The van der Waals surface area contributed by atoms with Crippen molar-refractivity contribution in [1.82, 2.24) is 10.3 Å². The third-order valence-electron chi connectivity index (χ3n) is 2.48. The van der Waals surface area contributed by atoms with Gasteiger partial charge in [0.2, 0.25) is 0 Å². The summed E-state index contributed by atoms with van der Waals surface area (Å²) in [5.74, 6) is 0. The maximum absolute atomic E-state index is 11.5. The first-order valence-electron chi connectivity index (χ1n) is 6.51. The number of carbonyl (C=O) groups is 1. The van der Waals surface area contributed by atoms with Crippen molar-refractivity contribution in [2.75, 3.05) is 6.54 Å². The van der Waals surface area contributed by atoms with Crippen LogP contribution in [-0.4, -0.2) is 29.3 Å². The number of carbonyl (C=O) groups excluding carboxylic acids is 1. The molecule has 1 aromatic rings. The number of amides is 1. The summed E-state index contributed by atoms with van der Waals surface area (Å²) in [7, 11) is 0. The van der Waals surface area contributed by atoms with Gasteiger partial charge in [-0.3, -0.25) is 0 Å². The quantitative estimate of drug-likeness (QED) is 0.837. The number of hydrogen-bond acceptors (Lipinski definition) is 4. The molecule has 6 heteroatoms. The van der Waals surface area contributed by atoms with Crippen LogP contribution in [0.5, 0.6) is 0 Å². The molecular weight excluding hydrogens is 278 g/mol. The number of halogens is 1. The average molecular weight is 300 g/mol. The first-order chi connectivity index (χ1) is 9.17. The third kappa shape index (κ3) is 6.21. The lowest BCUT2D eigenvalue weighted by molar-refractivity contribution is 0.0524. The number of nitrogens with zero attached hydrogens (tertiary/aromatic N) is 1. The van der Waals surface area contributed by atoms with Crippen molar-refractivity contribution >= 4 is 17.7 Å². The first-order valence-corrected chi connectivity index (χ1v) is 6.88. The minimum atomic E-state index is -0.509. The van der Waals surface area contributed by atoms with E-state index in [0.717, 1.165) is 11.1 Å².